The van der Waals surface area contributed by atoms with E-state index >= 15 is 0 Å². The van der Waals surface area contributed by atoms with Crippen LogP contribution in [0.15, 0.2) is 79.0 Å². The molecule has 11 nitrogen and oxygen atoms in total. The normalized spacial score (nSPS) is 16.8. The van der Waals surface area contributed by atoms with Crippen molar-refractivity contribution in [3.05, 3.63) is 89.1 Å². The minimum absolute atomic E-state index is 0.0596. The molecule has 45 heavy (non-hydrogen) atoms. The Morgan fingerprint density at radius 3 is 2.07 bits per heavy atom. The number of nitrogens with zero attached hydrogens (tertiary/aromatic N) is 4. The molecule has 3 heterocycles. The summed E-state index contributed by atoms with van der Waals surface area (Å²) in [6.07, 6.45) is -1.20. The molecule has 0 bridgehead atoms. The first kappa shape index (κ1) is 29.9. The smallest absolute Gasteiger partial charge is 0.490 e. The predicted molar refractivity (Wildman–Crippen MR) is 155 cm³/mol. The van der Waals surface area contributed by atoms with Crippen molar-refractivity contribution >= 4 is 11.5 Å². The lowest BCUT2D eigenvalue weighted by molar-refractivity contribution is -0.389. The van der Waals surface area contributed by atoms with Gasteiger partial charge < -0.3 is 38.7 Å². The lowest BCUT2D eigenvalue weighted by atomic mass is 10.1. The van der Waals surface area contributed by atoms with Crippen LogP contribution in [0.5, 0.6) is 34.8 Å². The second kappa shape index (κ2) is 12.8. The summed E-state index contributed by atoms with van der Waals surface area (Å²) in [6.45, 7) is 2.54. The van der Waals surface area contributed by atoms with Gasteiger partial charge in [-0.3, -0.25) is 4.57 Å². The highest BCUT2D eigenvalue weighted by atomic mass is 19.4. The van der Waals surface area contributed by atoms with Crippen LogP contribution in [0.4, 0.5) is 24.7 Å². The van der Waals surface area contributed by atoms with Crippen LogP contribution in [0.3, 0.4) is 0 Å². The standard InChI is InChI=1S/C31H29F3N4O7/c32-31(33,34)45-27-11-9-25(10-12-27)42-23-5-7-24(8-6-23)43-26-13-16-36(17-14-26)21-1-3-22(4-2-21)41-20-28-15-18-37-19-29(38(39)40)35-30(37)44-28/h1-12,19,26,28H,13-18,20H2/t28-/m1/s1. The number of halogens is 3. The second-order valence-electron chi connectivity index (χ2n) is 10.6. The van der Waals surface area contributed by atoms with Gasteiger partial charge in [0.15, 0.2) is 0 Å². The number of hydrogen-bond acceptors (Lipinski definition) is 9. The molecule has 0 radical (unpaired) electrons. The number of imidazole rings is 1. The highest BCUT2D eigenvalue weighted by molar-refractivity contribution is 5.49. The Bertz CT molecular complexity index is 1590. The molecule has 0 unspecified atom stereocenters. The summed E-state index contributed by atoms with van der Waals surface area (Å²) in [7, 11) is 0. The van der Waals surface area contributed by atoms with Crippen LogP contribution in [0.25, 0.3) is 0 Å². The van der Waals surface area contributed by atoms with Gasteiger partial charge in [-0.15, -0.1) is 13.2 Å². The number of hydrogen-bond donors (Lipinski definition) is 0. The zero-order valence-electron chi connectivity index (χ0n) is 23.9. The summed E-state index contributed by atoms with van der Waals surface area (Å²) in [4.78, 5) is 16.6. The van der Waals surface area contributed by atoms with Gasteiger partial charge in [-0.05, 0) is 77.7 Å². The molecule has 0 aliphatic carbocycles. The Labute approximate surface area is 255 Å². The van der Waals surface area contributed by atoms with Crippen LogP contribution >= 0.6 is 0 Å². The van der Waals surface area contributed by atoms with Crippen LogP contribution < -0.4 is 28.6 Å². The van der Waals surface area contributed by atoms with Crippen LogP contribution in [0.1, 0.15) is 19.3 Å². The summed E-state index contributed by atoms with van der Waals surface area (Å²) >= 11 is 0. The molecule has 4 aromatic rings. The van der Waals surface area contributed by atoms with E-state index in [1.165, 1.54) is 30.5 Å². The van der Waals surface area contributed by atoms with Crippen LogP contribution in [-0.4, -0.2) is 52.7 Å². The van der Waals surface area contributed by atoms with Gasteiger partial charge in [-0.1, -0.05) is 0 Å². The lowest BCUT2D eigenvalue weighted by Gasteiger charge is -2.33. The Kier molecular flexibility index (Phi) is 8.54. The Morgan fingerprint density at radius 2 is 1.44 bits per heavy atom. The number of nitro groups is 1. The highest BCUT2D eigenvalue weighted by Crippen LogP contribution is 2.30. The largest absolute Gasteiger partial charge is 0.573 e. The molecule has 2 aliphatic heterocycles. The number of anilines is 1. The summed E-state index contributed by atoms with van der Waals surface area (Å²) < 4.78 is 66.1. The molecular formula is C31H29F3N4O7. The third kappa shape index (κ3) is 7.88. The van der Waals surface area contributed by atoms with E-state index in [9.17, 15) is 23.3 Å². The van der Waals surface area contributed by atoms with Crippen LogP contribution in [0.2, 0.25) is 0 Å². The maximum atomic E-state index is 12.3. The third-order valence-electron chi connectivity index (χ3n) is 7.38. The molecule has 0 spiro atoms. The van der Waals surface area contributed by atoms with E-state index in [1.54, 1.807) is 28.8 Å². The molecule has 1 aromatic heterocycles. The Morgan fingerprint density at radius 1 is 0.844 bits per heavy atom. The van der Waals surface area contributed by atoms with Crippen molar-refractivity contribution in [3.63, 3.8) is 0 Å². The lowest BCUT2D eigenvalue weighted by Crippen LogP contribution is -2.38. The maximum Gasteiger partial charge on any atom is 0.573 e. The van der Waals surface area contributed by atoms with Crippen molar-refractivity contribution < 1.29 is 41.8 Å². The van der Waals surface area contributed by atoms with Gasteiger partial charge >= 0.3 is 18.2 Å². The summed E-state index contributed by atoms with van der Waals surface area (Å²) in [6, 6.07) is 20.4. The first-order valence-corrected chi connectivity index (χ1v) is 14.3. The van der Waals surface area contributed by atoms with Gasteiger partial charge in [0, 0.05) is 49.6 Å². The van der Waals surface area contributed by atoms with Gasteiger partial charge in [0.25, 0.3) is 0 Å². The van der Waals surface area contributed by atoms with Gasteiger partial charge in [0.05, 0.1) is 0 Å². The first-order chi connectivity index (χ1) is 21.7. The average Bonchev–Trinajstić information content (AvgIpc) is 3.46. The maximum absolute atomic E-state index is 12.3. The molecule has 1 fully saturated rings. The van der Waals surface area contributed by atoms with E-state index in [-0.39, 0.29) is 29.8 Å². The Hall–Kier alpha value is -5.14. The fourth-order valence-corrected chi connectivity index (χ4v) is 5.13. The van der Waals surface area contributed by atoms with Crippen LogP contribution in [-0.2, 0) is 6.54 Å². The van der Waals surface area contributed by atoms with Crippen molar-refractivity contribution in [2.75, 3.05) is 24.6 Å². The number of rotatable bonds is 10. The molecule has 1 saturated heterocycles. The molecular weight excluding hydrogens is 597 g/mol. The number of aromatic nitrogens is 2. The van der Waals surface area contributed by atoms with E-state index in [0.29, 0.717) is 42.6 Å². The second-order valence-corrected chi connectivity index (χ2v) is 10.6. The summed E-state index contributed by atoms with van der Waals surface area (Å²) in [5.41, 5.74) is 1.09. The molecule has 2 aliphatic rings. The fourth-order valence-electron chi connectivity index (χ4n) is 5.13. The predicted octanol–water partition coefficient (Wildman–Crippen LogP) is 6.76. The van der Waals surface area contributed by atoms with Gasteiger partial charge in [-0.2, -0.15) is 0 Å². The number of aryl methyl sites for hydroxylation is 1. The average molecular weight is 627 g/mol. The number of piperidine rings is 1. The summed E-state index contributed by atoms with van der Waals surface area (Å²) in [5.74, 6) is 1.78. The molecule has 6 rings (SSSR count). The van der Waals surface area contributed by atoms with Gasteiger partial charge in [0.2, 0.25) is 0 Å². The topological polar surface area (TPSA) is 110 Å². The quantitative estimate of drug-likeness (QED) is 0.139. The van der Waals surface area contributed by atoms with Gasteiger partial charge in [0.1, 0.15) is 53.8 Å². The zero-order valence-corrected chi connectivity index (χ0v) is 23.9. The fraction of sp³-hybridized carbons (Fsp3) is 0.323. The molecule has 1 atom stereocenters. The van der Waals surface area contributed by atoms with E-state index in [4.69, 9.17) is 18.9 Å². The molecule has 0 amide bonds. The number of fused-ring (bicyclic) bond motifs is 1. The van der Waals surface area contributed by atoms with Gasteiger partial charge in [-0.25, -0.2) is 0 Å². The molecule has 3 aromatic carbocycles. The minimum atomic E-state index is -4.74. The van der Waals surface area contributed by atoms with E-state index < -0.39 is 11.3 Å². The molecule has 0 N–H and O–H groups in total. The number of benzene rings is 3. The minimum Gasteiger partial charge on any atom is -0.490 e. The van der Waals surface area contributed by atoms with Crippen LogP contribution in [0, 0.1) is 10.1 Å². The van der Waals surface area contributed by atoms with E-state index in [2.05, 4.69) is 14.6 Å². The van der Waals surface area contributed by atoms with Crippen molar-refractivity contribution in [1.29, 1.82) is 0 Å². The number of alkyl halides is 3. The zero-order chi connectivity index (χ0) is 31.4. The number of ether oxygens (including phenoxy) is 5. The monoisotopic (exact) mass is 626 g/mol. The van der Waals surface area contributed by atoms with E-state index in [0.717, 1.165) is 31.6 Å². The third-order valence-corrected chi connectivity index (χ3v) is 7.38. The van der Waals surface area contributed by atoms with Crippen molar-refractivity contribution in [2.45, 2.75) is 44.4 Å². The first-order valence-electron chi connectivity index (χ1n) is 14.3. The Balaban J connectivity index is 0.925. The van der Waals surface area contributed by atoms with E-state index in [1.807, 2.05) is 24.3 Å². The molecule has 14 heteroatoms. The summed E-state index contributed by atoms with van der Waals surface area (Å²) in [5, 5.41) is 10.9. The molecule has 236 valence electrons. The van der Waals surface area contributed by atoms with Crippen molar-refractivity contribution in [3.8, 4) is 34.8 Å². The van der Waals surface area contributed by atoms with Crippen molar-refractivity contribution in [1.82, 2.24) is 9.55 Å². The highest BCUT2D eigenvalue weighted by Gasteiger charge is 2.31. The van der Waals surface area contributed by atoms with Crippen molar-refractivity contribution in [2.24, 2.45) is 0 Å². The SMILES string of the molecule is O=[N+]([O-])c1cn2c(n1)O[C@@H](COc1ccc(N3CCC(Oc4ccc(Oc5ccc(OC(F)(F)F)cc5)cc4)CC3)cc1)CC2. The molecule has 0 saturated carbocycles.